The SMILES string of the molecule is c1ccc(-c2cccc(-n3c4cc(-c5nc6ccccc6s5)ccc4c4cccc(-c5ccoc5)c43)c2)nc1. The number of pyridine rings is 1. The van der Waals surface area contributed by atoms with Crippen molar-refractivity contribution < 1.29 is 4.42 Å². The number of rotatable bonds is 4. The van der Waals surface area contributed by atoms with Crippen LogP contribution in [0.3, 0.4) is 0 Å². The van der Waals surface area contributed by atoms with Gasteiger partial charge in [-0.2, -0.15) is 0 Å². The molecule has 5 heteroatoms. The zero-order valence-corrected chi connectivity index (χ0v) is 21.6. The highest BCUT2D eigenvalue weighted by Crippen LogP contribution is 2.41. The molecule has 0 aliphatic carbocycles. The quantitative estimate of drug-likeness (QED) is 0.233. The topological polar surface area (TPSA) is 43.9 Å². The molecule has 0 aliphatic heterocycles. The maximum absolute atomic E-state index is 5.50. The van der Waals surface area contributed by atoms with E-state index in [-0.39, 0.29) is 0 Å². The standard InChI is InChI=1S/C34H21N3OS/c1-2-13-32-30(12-1)36-34(39-32)23-14-15-27-28-10-6-9-26(24-16-18-38-21-24)33(28)37(31(27)20-23)25-8-5-7-22(19-25)29-11-3-4-17-35-29/h1-21H. The molecule has 39 heavy (non-hydrogen) atoms. The Balaban J connectivity index is 1.44. The first kappa shape index (κ1) is 22.0. The number of aromatic nitrogens is 3. The number of fused-ring (bicyclic) bond motifs is 4. The second-order valence-corrected chi connectivity index (χ2v) is 10.6. The van der Waals surface area contributed by atoms with Gasteiger partial charge >= 0.3 is 0 Å². The predicted molar refractivity (Wildman–Crippen MR) is 160 cm³/mol. The number of nitrogens with zero attached hydrogens (tertiary/aromatic N) is 3. The summed E-state index contributed by atoms with van der Waals surface area (Å²) < 4.78 is 9.06. The molecule has 0 spiro atoms. The Morgan fingerprint density at radius 2 is 1.62 bits per heavy atom. The van der Waals surface area contributed by atoms with Gasteiger partial charge in [-0.1, -0.05) is 60.7 Å². The van der Waals surface area contributed by atoms with E-state index in [4.69, 9.17) is 9.40 Å². The smallest absolute Gasteiger partial charge is 0.124 e. The first-order chi connectivity index (χ1) is 19.3. The zero-order valence-electron chi connectivity index (χ0n) is 20.8. The highest BCUT2D eigenvalue weighted by atomic mass is 32.1. The lowest BCUT2D eigenvalue weighted by Gasteiger charge is -2.12. The van der Waals surface area contributed by atoms with Crippen LogP contribution in [0.15, 0.2) is 132 Å². The number of thiazole rings is 1. The van der Waals surface area contributed by atoms with Gasteiger partial charge in [0.25, 0.3) is 0 Å². The minimum Gasteiger partial charge on any atom is -0.472 e. The van der Waals surface area contributed by atoms with Crippen molar-refractivity contribution >= 4 is 43.4 Å². The highest BCUT2D eigenvalue weighted by Gasteiger charge is 2.19. The van der Waals surface area contributed by atoms with Crippen LogP contribution in [-0.4, -0.2) is 14.5 Å². The Kier molecular flexibility index (Phi) is 4.96. The van der Waals surface area contributed by atoms with Gasteiger partial charge < -0.3 is 8.98 Å². The number of hydrogen-bond donors (Lipinski definition) is 0. The maximum Gasteiger partial charge on any atom is 0.124 e. The minimum absolute atomic E-state index is 0.949. The molecular weight excluding hydrogens is 498 g/mol. The van der Waals surface area contributed by atoms with E-state index < -0.39 is 0 Å². The first-order valence-electron chi connectivity index (χ1n) is 12.8. The van der Waals surface area contributed by atoms with Gasteiger partial charge in [0, 0.05) is 44.9 Å². The predicted octanol–water partition coefficient (Wildman–Crippen LogP) is 9.38. The van der Waals surface area contributed by atoms with Crippen LogP contribution in [-0.2, 0) is 0 Å². The molecular formula is C34H21N3OS. The molecule has 0 fully saturated rings. The molecule has 0 N–H and O–H groups in total. The fourth-order valence-electron chi connectivity index (χ4n) is 5.45. The van der Waals surface area contributed by atoms with E-state index in [1.54, 1.807) is 17.6 Å². The van der Waals surface area contributed by atoms with Crippen LogP contribution >= 0.6 is 11.3 Å². The van der Waals surface area contributed by atoms with Crippen molar-refractivity contribution in [1.29, 1.82) is 0 Å². The van der Waals surface area contributed by atoms with Crippen molar-refractivity contribution in [2.24, 2.45) is 0 Å². The second-order valence-electron chi connectivity index (χ2n) is 9.53. The summed E-state index contributed by atoms with van der Waals surface area (Å²) in [6.45, 7) is 0. The van der Waals surface area contributed by atoms with Crippen LogP contribution in [0.1, 0.15) is 0 Å². The molecule has 4 aromatic carbocycles. The van der Waals surface area contributed by atoms with E-state index in [9.17, 15) is 0 Å². The summed E-state index contributed by atoms with van der Waals surface area (Å²) in [7, 11) is 0. The van der Waals surface area contributed by atoms with Crippen molar-refractivity contribution in [1.82, 2.24) is 14.5 Å². The lowest BCUT2D eigenvalue weighted by Crippen LogP contribution is -1.96. The Morgan fingerprint density at radius 1 is 0.692 bits per heavy atom. The van der Waals surface area contributed by atoms with E-state index in [1.165, 1.54) is 15.5 Å². The van der Waals surface area contributed by atoms with Gasteiger partial charge in [0.2, 0.25) is 0 Å². The number of hydrogen-bond acceptors (Lipinski definition) is 4. The molecule has 0 saturated carbocycles. The van der Waals surface area contributed by atoms with Crippen molar-refractivity contribution in [3.05, 3.63) is 128 Å². The molecule has 0 bridgehead atoms. The Bertz CT molecular complexity index is 2090. The van der Waals surface area contributed by atoms with E-state index >= 15 is 0 Å². The lowest BCUT2D eigenvalue weighted by molar-refractivity contribution is 0.568. The van der Waals surface area contributed by atoms with Gasteiger partial charge in [-0.05, 0) is 48.5 Å². The lowest BCUT2D eigenvalue weighted by atomic mass is 10.0. The minimum atomic E-state index is 0.949. The highest BCUT2D eigenvalue weighted by molar-refractivity contribution is 7.21. The van der Waals surface area contributed by atoms with Gasteiger partial charge in [-0.25, -0.2) is 4.98 Å². The third-order valence-electron chi connectivity index (χ3n) is 7.23. The molecule has 4 aromatic heterocycles. The summed E-state index contributed by atoms with van der Waals surface area (Å²) in [6.07, 6.45) is 5.38. The number of para-hydroxylation sites is 2. The molecule has 8 rings (SSSR count). The van der Waals surface area contributed by atoms with Crippen LogP contribution in [0.5, 0.6) is 0 Å². The number of furan rings is 1. The monoisotopic (exact) mass is 519 g/mol. The van der Waals surface area contributed by atoms with E-state index in [2.05, 4.69) is 88.4 Å². The number of benzene rings is 4. The van der Waals surface area contributed by atoms with E-state index in [1.807, 2.05) is 42.8 Å². The van der Waals surface area contributed by atoms with E-state index in [0.717, 1.165) is 55.2 Å². The fourth-order valence-corrected chi connectivity index (χ4v) is 6.41. The molecule has 0 saturated heterocycles. The Labute approximate surface area is 228 Å². The molecule has 0 atom stereocenters. The summed E-state index contributed by atoms with van der Waals surface area (Å²) in [5, 5.41) is 3.42. The van der Waals surface area contributed by atoms with Crippen LogP contribution in [0, 0.1) is 0 Å². The average molecular weight is 520 g/mol. The molecule has 0 unspecified atom stereocenters. The molecule has 0 amide bonds. The van der Waals surface area contributed by atoms with Gasteiger partial charge in [0.15, 0.2) is 0 Å². The van der Waals surface area contributed by atoms with Crippen LogP contribution in [0.25, 0.3) is 70.7 Å². The van der Waals surface area contributed by atoms with Crippen molar-refractivity contribution in [2.45, 2.75) is 0 Å². The average Bonchev–Trinajstić information content (AvgIpc) is 3.75. The maximum atomic E-state index is 5.50. The van der Waals surface area contributed by atoms with Gasteiger partial charge in [0.05, 0.1) is 39.5 Å². The molecule has 4 heterocycles. The summed E-state index contributed by atoms with van der Waals surface area (Å²) in [5.74, 6) is 0. The van der Waals surface area contributed by atoms with Crippen LogP contribution in [0.4, 0.5) is 0 Å². The van der Waals surface area contributed by atoms with Crippen molar-refractivity contribution in [3.63, 3.8) is 0 Å². The Hall–Kier alpha value is -5.00. The van der Waals surface area contributed by atoms with Crippen LogP contribution in [0.2, 0.25) is 0 Å². The van der Waals surface area contributed by atoms with Crippen molar-refractivity contribution in [2.75, 3.05) is 0 Å². The fraction of sp³-hybridized carbons (Fsp3) is 0. The first-order valence-corrected chi connectivity index (χ1v) is 13.6. The van der Waals surface area contributed by atoms with Gasteiger partial charge in [-0.3, -0.25) is 4.98 Å². The van der Waals surface area contributed by atoms with E-state index in [0.29, 0.717) is 0 Å². The third kappa shape index (κ3) is 3.59. The Morgan fingerprint density at radius 3 is 2.49 bits per heavy atom. The largest absolute Gasteiger partial charge is 0.472 e. The van der Waals surface area contributed by atoms with Crippen molar-refractivity contribution in [3.8, 4) is 38.6 Å². The second kappa shape index (κ2) is 8.79. The molecule has 8 aromatic rings. The van der Waals surface area contributed by atoms with Gasteiger partial charge in [0.1, 0.15) is 5.01 Å². The zero-order chi connectivity index (χ0) is 25.8. The summed E-state index contributed by atoms with van der Waals surface area (Å²) in [5.41, 5.74) is 9.71. The van der Waals surface area contributed by atoms with Crippen LogP contribution < -0.4 is 0 Å². The normalized spacial score (nSPS) is 11.6. The molecule has 0 radical (unpaired) electrons. The summed E-state index contributed by atoms with van der Waals surface area (Å²) in [6, 6.07) is 38.2. The summed E-state index contributed by atoms with van der Waals surface area (Å²) >= 11 is 1.73. The molecule has 0 aliphatic rings. The van der Waals surface area contributed by atoms with Gasteiger partial charge in [-0.15, -0.1) is 11.3 Å². The molecule has 4 nitrogen and oxygen atoms in total. The third-order valence-corrected chi connectivity index (χ3v) is 8.31. The summed E-state index contributed by atoms with van der Waals surface area (Å²) in [4.78, 5) is 9.55. The molecule has 184 valence electrons.